The standard InChI is InChI=1S/C17H21N3O2S/c1-18-7-9-20(10-8-18)17(22)12-23-15-11-16(21)19(2)14-6-4-3-5-13(14)15/h3-6,11H,7-10,12H2,1-2H3/p+1. The van der Waals surface area contributed by atoms with Crippen LogP contribution in [0.3, 0.4) is 0 Å². The van der Waals surface area contributed by atoms with Crippen molar-refractivity contribution in [1.29, 1.82) is 0 Å². The van der Waals surface area contributed by atoms with Gasteiger partial charge in [0.25, 0.3) is 5.56 Å². The fourth-order valence-corrected chi connectivity index (χ4v) is 3.84. The summed E-state index contributed by atoms with van der Waals surface area (Å²) in [5.41, 5.74) is 0.861. The highest BCUT2D eigenvalue weighted by atomic mass is 32.2. The first kappa shape index (κ1) is 16.1. The van der Waals surface area contributed by atoms with E-state index in [9.17, 15) is 9.59 Å². The Labute approximate surface area is 139 Å². The van der Waals surface area contributed by atoms with Crippen LogP contribution in [-0.2, 0) is 11.8 Å². The molecule has 1 fully saturated rings. The van der Waals surface area contributed by atoms with Gasteiger partial charge in [0.1, 0.15) is 0 Å². The molecule has 1 aromatic carbocycles. The van der Waals surface area contributed by atoms with Crippen LogP contribution in [0.1, 0.15) is 0 Å². The zero-order valence-electron chi connectivity index (χ0n) is 13.5. The van der Waals surface area contributed by atoms with E-state index in [0.29, 0.717) is 5.75 Å². The zero-order chi connectivity index (χ0) is 16.4. The molecule has 23 heavy (non-hydrogen) atoms. The van der Waals surface area contributed by atoms with Gasteiger partial charge in [0, 0.05) is 23.4 Å². The minimum absolute atomic E-state index is 0.0400. The van der Waals surface area contributed by atoms with Crippen LogP contribution in [0.5, 0.6) is 0 Å². The number of carbonyl (C=O) groups is 1. The number of aromatic nitrogens is 1. The Morgan fingerprint density at radius 2 is 1.96 bits per heavy atom. The largest absolute Gasteiger partial charge is 0.334 e. The highest BCUT2D eigenvalue weighted by Crippen LogP contribution is 2.26. The number of hydrogen-bond acceptors (Lipinski definition) is 3. The first-order chi connectivity index (χ1) is 11.1. The minimum Gasteiger partial charge on any atom is -0.334 e. The SMILES string of the molecule is Cn1c(=O)cc(SCC(=O)N2CC[NH+](C)CC2)c2ccccc21. The maximum absolute atomic E-state index is 12.4. The molecule has 1 aromatic heterocycles. The average Bonchev–Trinajstić information content (AvgIpc) is 2.57. The summed E-state index contributed by atoms with van der Waals surface area (Å²) in [5, 5.41) is 1.02. The Hall–Kier alpha value is -1.79. The molecule has 1 N–H and O–H groups in total. The molecule has 3 rings (SSSR count). The normalized spacial score (nSPS) is 16.0. The lowest BCUT2D eigenvalue weighted by Gasteiger charge is -2.30. The molecule has 0 aliphatic carbocycles. The molecule has 0 atom stereocenters. The number of para-hydroxylation sites is 1. The molecule has 1 aliphatic heterocycles. The molecule has 122 valence electrons. The molecule has 2 aromatic rings. The van der Waals surface area contributed by atoms with Gasteiger partial charge in [-0.05, 0) is 6.07 Å². The summed E-state index contributed by atoms with van der Waals surface area (Å²) in [6.07, 6.45) is 0. The Kier molecular flexibility index (Phi) is 4.73. The highest BCUT2D eigenvalue weighted by molar-refractivity contribution is 8.00. The van der Waals surface area contributed by atoms with Crippen LogP contribution in [0.25, 0.3) is 10.9 Å². The zero-order valence-corrected chi connectivity index (χ0v) is 14.4. The third-order valence-corrected chi connectivity index (χ3v) is 5.48. The van der Waals surface area contributed by atoms with Crippen molar-refractivity contribution >= 4 is 28.6 Å². The quantitative estimate of drug-likeness (QED) is 0.804. The van der Waals surface area contributed by atoms with Gasteiger partial charge in [-0.3, -0.25) is 9.59 Å². The minimum atomic E-state index is -0.0400. The Morgan fingerprint density at radius 1 is 1.26 bits per heavy atom. The summed E-state index contributed by atoms with van der Waals surface area (Å²) < 4.78 is 1.64. The van der Waals surface area contributed by atoms with Crippen molar-refractivity contribution in [3.63, 3.8) is 0 Å². The van der Waals surface area contributed by atoms with Crippen molar-refractivity contribution in [1.82, 2.24) is 9.47 Å². The van der Waals surface area contributed by atoms with Gasteiger partial charge in [0.2, 0.25) is 5.91 Å². The molecule has 0 radical (unpaired) electrons. The molecule has 2 heterocycles. The van der Waals surface area contributed by atoms with E-state index in [0.717, 1.165) is 42.0 Å². The number of aryl methyl sites for hydroxylation is 1. The number of nitrogens with one attached hydrogen (secondary N) is 1. The van der Waals surface area contributed by atoms with Crippen molar-refractivity contribution < 1.29 is 9.69 Å². The summed E-state index contributed by atoms with van der Waals surface area (Å²) >= 11 is 1.46. The lowest BCUT2D eigenvalue weighted by atomic mass is 10.2. The number of quaternary nitrogens is 1. The second-order valence-electron chi connectivity index (χ2n) is 6.05. The van der Waals surface area contributed by atoms with Crippen molar-refractivity contribution in [2.24, 2.45) is 7.05 Å². The number of fused-ring (bicyclic) bond motifs is 1. The molecule has 1 amide bonds. The molecular weight excluding hydrogens is 310 g/mol. The summed E-state index contributed by atoms with van der Waals surface area (Å²) in [4.78, 5) is 28.8. The van der Waals surface area contributed by atoms with E-state index in [1.807, 2.05) is 29.2 Å². The molecule has 5 nitrogen and oxygen atoms in total. The van der Waals surface area contributed by atoms with Gasteiger partial charge in [-0.2, -0.15) is 0 Å². The molecule has 1 saturated heterocycles. The van der Waals surface area contributed by atoms with Crippen LogP contribution in [0.2, 0.25) is 0 Å². The number of hydrogen-bond donors (Lipinski definition) is 1. The monoisotopic (exact) mass is 332 g/mol. The van der Waals surface area contributed by atoms with Crippen LogP contribution in [-0.4, -0.2) is 54.4 Å². The Bertz CT molecular complexity index is 779. The van der Waals surface area contributed by atoms with Gasteiger partial charge < -0.3 is 14.4 Å². The number of piperazine rings is 1. The maximum Gasteiger partial charge on any atom is 0.251 e. The molecule has 1 aliphatic rings. The Morgan fingerprint density at radius 3 is 2.70 bits per heavy atom. The van der Waals surface area contributed by atoms with Crippen LogP contribution in [0, 0.1) is 0 Å². The number of benzene rings is 1. The number of pyridine rings is 1. The predicted molar refractivity (Wildman–Crippen MR) is 93.1 cm³/mol. The van der Waals surface area contributed by atoms with Crippen LogP contribution in [0.15, 0.2) is 40.0 Å². The number of likely N-dealkylation sites (N-methyl/N-ethyl adjacent to an activating group) is 1. The fourth-order valence-electron chi connectivity index (χ4n) is 2.87. The second kappa shape index (κ2) is 6.76. The summed E-state index contributed by atoms with van der Waals surface area (Å²) in [6, 6.07) is 9.46. The van der Waals surface area contributed by atoms with Crippen LogP contribution in [0.4, 0.5) is 0 Å². The molecule has 0 saturated carbocycles. The summed E-state index contributed by atoms with van der Waals surface area (Å²) in [5.74, 6) is 0.545. The van der Waals surface area contributed by atoms with Gasteiger partial charge in [-0.1, -0.05) is 18.2 Å². The highest BCUT2D eigenvalue weighted by Gasteiger charge is 2.21. The molecule has 0 bridgehead atoms. The van der Waals surface area contributed by atoms with Gasteiger partial charge in [-0.15, -0.1) is 11.8 Å². The number of nitrogens with zero attached hydrogens (tertiary/aromatic N) is 2. The summed E-state index contributed by atoms with van der Waals surface area (Å²) in [7, 11) is 3.93. The van der Waals surface area contributed by atoms with E-state index in [1.165, 1.54) is 16.7 Å². The van der Waals surface area contributed by atoms with Crippen LogP contribution >= 0.6 is 11.8 Å². The average molecular weight is 332 g/mol. The lowest BCUT2D eigenvalue weighted by Crippen LogP contribution is -3.12. The van der Waals surface area contributed by atoms with Crippen molar-refractivity contribution in [3.05, 3.63) is 40.7 Å². The van der Waals surface area contributed by atoms with Crippen LogP contribution < -0.4 is 10.5 Å². The van der Waals surface area contributed by atoms with E-state index in [2.05, 4.69) is 7.05 Å². The van der Waals surface area contributed by atoms with Crippen molar-refractivity contribution in [3.8, 4) is 0 Å². The van der Waals surface area contributed by atoms with E-state index in [1.54, 1.807) is 17.7 Å². The number of amides is 1. The van der Waals surface area contributed by atoms with E-state index >= 15 is 0 Å². The Balaban J connectivity index is 1.76. The molecule has 0 unspecified atom stereocenters. The predicted octanol–water partition coefficient (Wildman–Crippen LogP) is -0.0125. The third kappa shape index (κ3) is 3.43. The van der Waals surface area contributed by atoms with Gasteiger partial charge >= 0.3 is 0 Å². The number of carbonyl (C=O) groups excluding carboxylic acids is 1. The van der Waals surface area contributed by atoms with Crippen molar-refractivity contribution in [2.75, 3.05) is 39.0 Å². The lowest BCUT2D eigenvalue weighted by molar-refractivity contribution is -0.883. The topological polar surface area (TPSA) is 46.8 Å². The number of rotatable bonds is 3. The maximum atomic E-state index is 12.4. The first-order valence-corrected chi connectivity index (χ1v) is 8.85. The van der Waals surface area contributed by atoms with E-state index < -0.39 is 0 Å². The second-order valence-corrected chi connectivity index (χ2v) is 7.07. The smallest absolute Gasteiger partial charge is 0.251 e. The molecular formula is C17H22N3O2S+. The van der Waals surface area contributed by atoms with Crippen molar-refractivity contribution in [2.45, 2.75) is 4.90 Å². The van der Waals surface area contributed by atoms with Gasteiger partial charge in [0.05, 0.1) is 44.5 Å². The molecule has 0 spiro atoms. The van der Waals surface area contributed by atoms with E-state index in [4.69, 9.17) is 0 Å². The number of thioether (sulfide) groups is 1. The van der Waals surface area contributed by atoms with Gasteiger partial charge in [-0.25, -0.2) is 0 Å². The third-order valence-electron chi connectivity index (χ3n) is 4.44. The first-order valence-electron chi connectivity index (χ1n) is 7.87. The van der Waals surface area contributed by atoms with Gasteiger partial charge in [0.15, 0.2) is 0 Å². The fraction of sp³-hybridized carbons (Fsp3) is 0.412. The summed E-state index contributed by atoms with van der Waals surface area (Å²) in [6.45, 7) is 3.65. The molecule has 6 heteroatoms. The van der Waals surface area contributed by atoms with E-state index in [-0.39, 0.29) is 11.5 Å².